The van der Waals surface area contributed by atoms with Gasteiger partial charge in [0.2, 0.25) is 0 Å². The van der Waals surface area contributed by atoms with Crippen LogP contribution in [0.4, 0.5) is 5.69 Å². The lowest BCUT2D eigenvalue weighted by atomic mass is 9.92. The molecule has 28 heavy (non-hydrogen) atoms. The molecular weight excluding hydrogens is 366 g/mol. The van der Waals surface area contributed by atoms with Gasteiger partial charge in [0.1, 0.15) is 12.2 Å². The Morgan fingerprint density at radius 2 is 1.86 bits per heavy atom. The number of hydrogen-bond acceptors (Lipinski definition) is 7. The lowest BCUT2D eigenvalue weighted by Crippen LogP contribution is -2.33. The van der Waals surface area contributed by atoms with Gasteiger partial charge in [0, 0.05) is 26.3 Å². The molecular formula is C19H27N3O6. The number of hydrogen-bond donors (Lipinski definition) is 1. The van der Waals surface area contributed by atoms with E-state index < -0.39 is 4.92 Å². The largest absolute Gasteiger partial charge is 0.493 e. The summed E-state index contributed by atoms with van der Waals surface area (Å²) >= 11 is 0. The van der Waals surface area contributed by atoms with Crippen LogP contribution in [0.3, 0.4) is 0 Å². The van der Waals surface area contributed by atoms with Crippen LogP contribution in [0.5, 0.6) is 11.5 Å². The first-order valence-electron chi connectivity index (χ1n) is 9.53. The summed E-state index contributed by atoms with van der Waals surface area (Å²) in [4.78, 5) is 25.9. The van der Waals surface area contributed by atoms with E-state index in [0.717, 1.165) is 25.9 Å². The van der Waals surface area contributed by atoms with E-state index in [9.17, 15) is 14.9 Å². The molecule has 0 radical (unpaired) electrons. The Labute approximate surface area is 164 Å². The highest BCUT2D eigenvalue weighted by atomic mass is 16.6. The molecule has 154 valence electrons. The Morgan fingerprint density at radius 1 is 1.18 bits per heavy atom. The van der Waals surface area contributed by atoms with E-state index in [1.165, 1.54) is 26.4 Å². The van der Waals surface area contributed by atoms with Crippen LogP contribution in [0.15, 0.2) is 12.1 Å². The van der Waals surface area contributed by atoms with E-state index in [-0.39, 0.29) is 29.5 Å². The minimum absolute atomic E-state index is 0.0334. The smallest absolute Gasteiger partial charge is 0.286 e. The zero-order valence-electron chi connectivity index (χ0n) is 16.3. The van der Waals surface area contributed by atoms with Gasteiger partial charge in [-0.25, -0.2) is 0 Å². The van der Waals surface area contributed by atoms with E-state index >= 15 is 0 Å². The fraction of sp³-hybridized carbons (Fsp3) is 0.632. The Morgan fingerprint density at radius 3 is 2.43 bits per heavy atom. The topological polar surface area (TPSA) is 103 Å². The van der Waals surface area contributed by atoms with Crippen LogP contribution >= 0.6 is 0 Å². The third-order valence-corrected chi connectivity index (χ3v) is 5.56. The molecule has 0 bridgehead atoms. The Balaban J connectivity index is 1.84. The van der Waals surface area contributed by atoms with Crippen molar-refractivity contribution in [3.05, 3.63) is 27.8 Å². The SMILES string of the molecule is COCCOc1cc([N+](=O)[O-])c(C(=O)N2CC[C@@H]3CNC[C@@H]3CC2)cc1OC. The maximum atomic E-state index is 13.1. The Hall–Kier alpha value is -2.39. The Bertz CT molecular complexity index is 712. The quantitative estimate of drug-likeness (QED) is 0.427. The molecule has 2 aliphatic heterocycles. The number of carbonyl (C=O) groups excluding carboxylic acids is 1. The van der Waals surface area contributed by atoms with Crippen LogP contribution in [0.1, 0.15) is 23.2 Å². The first kappa shape index (κ1) is 20.3. The van der Waals surface area contributed by atoms with Gasteiger partial charge in [0.25, 0.3) is 11.6 Å². The zero-order valence-corrected chi connectivity index (χ0v) is 16.3. The van der Waals surface area contributed by atoms with Crippen LogP contribution < -0.4 is 14.8 Å². The summed E-state index contributed by atoms with van der Waals surface area (Å²) in [5.74, 6) is 1.32. The van der Waals surface area contributed by atoms with E-state index in [1.807, 2.05) is 0 Å². The molecule has 0 unspecified atom stereocenters. The number of rotatable bonds is 7. The molecule has 3 rings (SSSR count). The van der Waals surface area contributed by atoms with Gasteiger partial charge in [-0.15, -0.1) is 0 Å². The molecule has 1 aromatic carbocycles. The van der Waals surface area contributed by atoms with Crippen molar-refractivity contribution in [2.75, 3.05) is 53.6 Å². The number of nitrogens with zero attached hydrogens (tertiary/aromatic N) is 2. The standard InChI is InChI=1S/C19H27N3O6/c1-26-7-8-28-18-10-16(22(24)25)15(9-17(18)27-2)19(23)21-5-3-13-11-20-12-14(13)4-6-21/h9-10,13-14,20H,3-8,11-12H2,1-2H3/t13-,14+. The predicted octanol–water partition coefficient (Wildman–Crippen LogP) is 1.70. The van der Waals surface area contributed by atoms with Gasteiger partial charge in [-0.05, 0) is 37.8 Å². The molecule has 9 nitrogen and oxygen atoms in total. The van der Waals surface area contributed by atoms with Gasteiger partial charge < -0.3 is 24.4 Å². The van der Waals surface area contributed by atoms with Crippen molar-refractivity contribution in [1.82, 2.24) is 10.2 Å². The summed E-state index contributed by atoms with van der Waals surface area (Å²) in [6.45, 7) is 3.73. The second-order valence-electron chi connectivity index (χ2n) is 7.17. The van der Waals surface area contributed by atoms with Crippen molar-refractivity contribution in [2.45, 2.75) is 12.8 Å². The van der Waals surface area contributed by atoms with Crippen LogP contribution in [-0.4, -0.2) is 69.3 Å². The first-order chi connectivity index (χ1) is 13.5. The monoisotopic (exact) mass is 393 g/mol. The second kappa shape index (κ2) is 9.20. The summed E-state index contributed by atoms with van der Waals surface area (Å²) in [5, 5.41) is 15.0. The predicted molar refractivity (Wildman–Crippen MR) is 102 cm³/mol. The Kier molecular flexibility index (Phi) is 6.69. The number of ether oxygens (including phenoxy) is 3. The summed E-state index contributed by atoms with van der Waals surface area (Å²) in [6, 6.07) is 2.67. The number of nitro groups is 1. The van der Waals surface area contributed by atoms with Crippen molar-refractivity contribution >= 4 is 11.6 Å². The number of nitrogens with one attached hydrogen (secondary N) is 1. The van der Waals surface area contributed by atoms with Crippen molar-refractivity contribution in [1.29, 1.82) is 0 Å². The maximum Gasteiger partial charge on any atom is 0.286 e. The number of amides is 1. The molecule has 2 fully saturated rings. The molecule has 1 amide bonds. The molecule has 9 heteroatoms. The second-order valence-corrected chi connectivity index (χ2v) is 7.17. The highest BCUT2D eigenvalue weighted by molar-refractivity contribution is 5.99. The fourth-order valence-electron chi connectivity index (χ4n) is 3.97. The number of likely N-dealkylation sites (tertiary alicyclic amines) is 1. The average Bonchev–Trinajstić information content (AvgIpc) is 3.05. The molecule has 0 saturated carbocycles. The van der Waals surface area contributed by atoms with E-state index in [2.05, 4.69) is 5.32 Å². The summed E-state index contributed by atoms with van der Waals surface area (Å²) in [5.41, 5.74) is -0.240. The molecule has 0 aromatic heterocycles. The maximum absolute atomic E-state index is 13.1. The highest BCUT2D eigenvalue weighted by Crippen LogP contribution is 2.36. The molecule has 1 aromatic rings. The summed E-state index contributed by atoms with van der Waals surface area (Å²) in [6.07, 6.45) is 1.82. The van der Waals surface area contributed by atoms with Gasteiger partial charge in [-0.3, -0.25) is 14.9 Å². The average molecular weight is 393 g/mol. The highest BCUT2D eigenvalue weighted by Gasteiger charge is 2.34. The number of carbonyl (C=O) groups is 1. The van der Waals surface area contributed by atoms with E-state index in [0.29, 0.717) is 37.3 Å². The number of nitro benzene ring substituents is 1. The van der Waals surface area contributed by atoms with Crippen molar-refractivity contribution in [2.24, 2.45) is 11.8 Å². The first-order valence-corrected chi connectivity index (χ1v) is 9.53. The third-order valence-electron chi connectivity index (χ3n) is 5.56. The molecule has 2 aliphatic rings. The van der Waals surface area contributed by atoms with Crippen LogP contribution in [-0.2, 0) is 4.74 Å². The van der Waals surface area contributed by atoms with E-state index in [4.69, 9.17) is 14.2 Å². The summed E-state index contributed by atoms with van der Waals surface area (Å²) in [7, 11) is 2.98. The molecule has 2 atom stereocenters. The third kappa shape index (κ3) is 4.36. The molecule has 2 saturated heterocycles. The normalized spacial score (nSPS) is 21.7. The van der Waals surface area contributed by atoms with Crippen LogP contribution in [0.25, 0.3) is 0 Å². The van der Waals surface area contributed by atoms with E-state index in [1.54, 1.807) is 4.90 Å². The molecule has 0 spiro atoms. The zero-order chi connectivity index (χ0) is 20.1. The molecule has 2 heterocycles. The van der Waals surface area contributed by atoms with Gasteiger partial charge >= 0.3 is 0 Å². The fourth-order valence-corrected chi connectivity index (χ4v) is 3.97. The van der Waals surface area contributed by atoms with Gasteiger partial charge in [-0.1, -0.05) is 0 Å². The van der Waals surface area contributed by atoms with Crippen LogP contribution in [0.2, 0.25) is 0 Å². The lowest BCUT2D eigenvalue weighted by molar-refractivity contribution is -0.385. The van der Waals surface area contributed by atoms with Gasteiger partial charge in [-0.2, -0.15) is 0 Å². The van der Waals surface area contributed by atoms with Gasteiger partial charge in [0.05, 0.1) is 24.7 Å². The minimum atomic E-state index is -0.549. The molecule has 0 aliphatic carbocycles. The van der Waals surface area contributed by atoms with Crippen molar-refractivity contribution < 1.29 is 23.9 Å². The minimum Gasteiger partial charge on any atom is -0.493 e. The number of fused-ring (bicyclic) bond motifs is 1. The lowest BCUT2D eigenvalue weighted by Gasteiger charge is -2.21. The number of methoxy groups -OCH3 is 2. The van der Waals surface area contributed by atoms with Crippen molar-refractivity contribution in [3.8, 4) is 11.5 Å². The molecule has 1 N–H and O–H groups in total. The van der Waals surface area contributed by atoms with Gasteiger partial charge in [0.15, 0.2) is 11.5 Å². The summed E-state index contributed by atoms with van der Waals surface area (Å²) < 4.78 is 15.8. The van der Waals surface area contributed by atoms with Crippen molar-refractivity contribution in [3.63, 3.8) is 0 Å². The van der Waals surface area contributed by atoms with Crippen LogP contribution in [0, 0.1) is 22.0 Å². The number of benzene rings is 1.